The highest BCUT2D eigenvalue weighted by molar-refractivity contribution is 8.18. The number of likely N-dealkylation sites (tertiary alicyclic amines) is 1. The minimum Gasteiger partial charge on any atom is -0.460 e. The molecule has 124 valence electrons. The van der Waals surface area contributed by atoms with Crippen molar-refractivity contribution in [1.29, 1.82) is 0 Å². The summed E-state index contributed by atoms with van der Waals surface area (Å²) >= 11 is 1.50. The van der Waals surface area contributed by atoms with Gasteiger partial charge < -0.3 is 9.32 Å². The normalized spacial score (nSPS) is 20.2. The second-order valence-electron chi connectivity index (χ2n) is 6.15. The number of hydrogen-bond donors (Lipinski definition) is 0. The van der Waals surface area contributed by atoms with Gasteiger partial charge in [0.15, 0.2) is 5.17 Å². The molecule has 1 aromatic carbocycles. The Morgan fingerprint density at radius 2 is 2.04 bits per heavy atom. The monoisotopic (exact) mass is 340 g/mol. The number of carbonyl (C=O) groups is 1. The first-order valence-corrected chi connectivity index (χ1v) is 9.36. The highest BCUT2D eigenvalue weighted by Gasteiger charge is 2.27. The van der Waals surface area contributed by atoms with E-state index in [0.717, 1.165) is 47.0 Å². The third kappa shape index (κ3) is 2.77. The summed E-state index contributed by atoms with van der Waals surface area (Å²) in [5.74, 6) is 0.788. The van der Waals surface area contributed by atoms with Crippen LogP contribution in [0.4, 0.5) is 0 Å². The van der Waals surface area contributed by atoms with E-state index in [9.17, 15) is 4.79 Å². The van der Waals surface area contributed by atoms with E-state index in [0.29, 0.717) is 4.91 Å². The molecule has 0 bridgehead atoms. The first-order valence-electron chi connectivity index (χ1n) is 8.54. The number of benzene rings is 1. The lowest BCUT2D eigenvalue weighted by molar-refractivity contribution is -0.113. The number of fused-ring (bicyclic) bond motifs is 1. The highest BCUT2D eigenvalue weighted by Crippen LogP contribution is 2.35. The van der Waals surface area contributed by atoms with E-state index in [2.05, 4.69) is 16.8 Å². The second-order valence-corrected chi connectivity index (χ2v) is 7.16. The van der Waals surface area contributed by atoms with Gasteiger partial charge in [-0.3, -0.25) is 4.79 Å². The Morgan fingerprint density at radius 3 is 2.83 bits per heavy atom. The number of aryl methyl sites for hydroxylation is 1. The Morgan fingerprint density at radius 1 is 1.25 bits per heavy atom. The van der Waals surface area contributed by atoms with Crippen molar-refractivity contribution in [3.8, 4) is 0 Å². The minimum absolute atomic E-state index is 0.132. The van der Waals surface area contributed by atoms with E-state index in [1.54, 1.807) is 0 Å². The lowest BCUT2D eigenvalue weighted by Crippen LogP contribution is -2.33. The van der Waals surface area contributed by atoms with Crippen LogP contribution in [0.15, 0.2) is 38.6 Å². The molecule has 4 nitrogen and oxygen atoms in total. The topological polar surface area (TPSA) is 45.8 Å². The fourth-order valence-corrected chi connectivity index (χ4v) is 4.23. The second kappa shape index (κ2) is 6.48. The van der Waals surface area contributed by atoms with Crippen molar-refractivity contribution in [2.75, 3.05) is 13.1 Å². The fraction of sp³-hybridized carbons (Fsp3) is 0.368. The molecule has 0 saturated carbocycles. The van der Waals surface area contributed by atoms with E-state index in [1.165, 1.54) is 31.0 Å². The molecule has 0 aliphatic carbocycles. The van der Waals surface area contributed by atoms with Gasteiger partial charge in [-0.2, -0.15) is 4.99 Å². The standard InChI is InChI=1S/C19H20N2O2S/c1-2-15-14(13-8-4-5-9-16(13)23-15)12-17-18(22)20-19(24-17)21-10-6-3-7-11-21/h4-5,8-9,12H,2-3,6-7,10-11H2,1H3/b17-12-. The summed E-state index contributed by atoms with van der Waals surface area (Å²) in [5.41, 5.74) is 1.88. The zero-order chi connectivity index (χ0) is 16.5. The van der Waals surface area contributed by atoms with Crippen LogP contribution in [0, 0.1) is 0 Å². The number of aliphatic imine (C=N–C) groups is 1. The van der Waals surface area contributed by atoms with Gasteiger partial charge in [0.1, 0.15) is 11.3 Å². The number of hydrogen-bond acceptors (Lipinski definition) is 4. The van der Waals surface area contributed by atoms with Crippen LogP contribution in [0.3, 0.4) is 0 Å². The van der Waals surface area contributed by atoms with Crippen LogP contribution in [0.25, 0.3) is 17.0 Å². The zero-order valence-electron chi connectivity index (χ0n) is 13.7. The van der Waals surface area contributed by atoms with Crippen molar-refractivity contribution in [2.45, 2.75) is 32.6 Å². The maximum atomic E-state index is 12.4. The minimum atomic E-state index is -0.132. The molecule has 1 fully saturated rings. The van der Waals surface area contributed by atoms with E-state index in [-0.39, 0.29) is 5.91 Å². The van der Waals surface area contributed by atoms with Crippen LogP contribution in [0.1, 0.15) is 37.5 Å². The van der Waals surface area contributed by atoms with Crippen molar-refractivity contribution in [3.05, 3.63) is 40.5 Å². The molecule has 1 aromatic heterocycles. The van der Waals surface area contributed by atoms with E-state index in [1.807, 2.05) is 30.3 Å². The molecule has 4 rings (SSSR count). The number of carbonyl (C=O) groups excluding carboxylic acids is 1. The Labute approximate surface area is 145 Å². The van der Waals surface area contributed by atoms with Crippen LogP contribution in [-0.4, -0.2) is 29.1 Å². The van der Waals surface area contributed by atoms with Crippen LogP contribution in [-0.2, 0) is 11.2 Å². The summed E-state index contributed by atoms with van der Waals surface area (Å²) in [6.45, 7) is 4.07. The van der Waals surface area contributed by atoms with Gasteiger partial charge in [0.05, 0.1) is 4.91 Å². The molecular weight excluding hydrogens is 320 g/mol. The number of piperidine rings is 1. The van der Waals surface area contributed by atoms with Gasteiger partial charge in [-0.1, -0.05) is 25.1 Å². The van der Waals surface area contributed by atoms with Gasteiger partial charge in [-0.25, -0.2) is 0 Å². The fourth-order valence-electron chi connectivity index (χ4n) is 3.29. The van der Waals surface area contributed by atoms with Crippen molar-refractivity contribution in [2.24, 2.45) is 4.99 Å². The molecule has 0 unspecified atom stereocenters. The number of furan rings is 1. The maximum absolute atomic E-state index is 12.4. The lowest BCUT2D eigenvalue weighted by atomic mass is 10.1. The maximum Gasteiger partial charge on any atom is 0.286 e. The van der Waals surface area contributed by atoms with Crippen LogP contribution in [0.5, 0.6) is 0 Å². The molecule has 0 spiro atoms. The average molecular weight is 340 g/mol. The first-order chi connectivity index (χ1) is 11.8. The summed E-state index contributed by atoms with van der Waals surface area (Å²) in [6, 6.07) is 7.98. The molecule has 2 aromatic rings. The summed E-state index contributed by atoms with van der Waals surface area (Å²) in [4.78, 5) is 19.6. The number of thioether (sulfide) groups is 1. The average Bonchev–Trinajstić information content (AvgIpc) is 3.17. The molecule has 0 N–H and O–H groups in total. The van der Waals surface area contributed by atoms with Gasteiger partial charge in [0.2, 0.25) is 0 Å². The summed E-state index contributed by atoms with van der Waals surface area (Å²) < 4.78 is 5.92. The van der Waals surface area contributed by atoms with Gasteiger partial charge in [0.25, 0.3) is 5.91 Å². The van der Waals surface area contributed by atoms with E-state index in [4.69, 9.17) is 4.42 Å². The van der Waals surface area contributed by atoms with Crippen molar-refractivity contribution >= 4 is 39.9 Å². The van der Waals surface area contributed by atoms with Crippen molar-refractivity contribution < 1.29 is 9.21 Å². The summed E-state index contributed by atoms with van der Waals surface area (Å²) in [6.07, 6.45) is 6.38. The van der Waals surface area contributed by atoms with Crippen molar-refractivity contribution in [1.82, 2.24) is 4.90 Å². The third-order valence-corrected chi connectivity index (χ3v) is 5.59. The lowest BCUT2D eigenvalue weighted by Gasteiger charge is -2.27. The van der Waals surface area contributed by atoms with Crippen molar-refractivity contribution in [3.63, 3.8) is 0 Å². The smallest absolute Gasteiger partial charge is 0.286 e. The first kappa shape index (κ1) is 15.5. The van der Waals surface area contributed by atoms with Gasteiger partial charge in [0, 0.05) is 30.5 Å². The number of amides is 1. The Kier molecular flexibility index (Phi) is 4.19. The SMILES string of the molecule is CCc1oc2ccccc2c1/C=C1\SC(N2CCCCC2)=NC1=O. The molecule has 2 aliphatic heterocycles. The Balaban J connectivity index is 1.66. The van der Waals surface area contributed by atoms with Gasteiger partial charge in [-0.15, -0.1) is 0 Å². The molecule has 0 radical (unpaired) electrons. The van der Waals surface area contributed by atoms with Crippen LogP contribution < -0.4 is 0 Å². The molecule has 3 heterocycles. The number of rotatable bonds is 2. The molecule has 1 amide bonds. The largest absolute Gasteiger partial charge is 0.460 e. The predicted molar refractivity (Wildman–Crippen MR) is 99.0 cm³/mol. The van der Waals surface area contributed by atoms with Crippen LogP contribution >= 0.6 is 11.8 Å². The molecule has 1 saturated heterocycles. The van der Waals surface area contributed by atoms with Crippen LogP contribution in [0.2, 0.25) is 0 Å². The van der Waals surface area contributed by atoms with Gasteiger partial charge >= 0.3 is 0 Å². The van der Waals surface area contributed by atoms with Gasteiger partial charge in [-0.05, 0) is 43.2 Å². The predicted octanol–water partition coefficient (Wildman–Crippen LogP) is 4.45. The highest BCUT2D eigenvalue weighted by atomic mass is 32.2. The molecule has 0 atom stereocenters. The van der Waals surface area contributed by atoms with E-state index < -0.39 is 0 Å². The number of nitrogens with zero attached hydrogens (tertiary/aromatic N) is 2. The van der Waals surface area contributed by atoms with E-state index >= 15 is 0 Å². The quantitative estimate of drug-likeness (QED) is 0.758. The Bertz CT molecular complexity index is 844. The molecule has 5 heteroatoms. The molecular formula is C19H20N2O2S. The number of amidine groups is 1. The molecule has 24 heavy (non-hydrogen) atoms. The molecule has 2 aliphatic rings. The number of para-hydroxylation sites is 1. The Hall–Kier alpha value is -2.01. The zero-order valence-corrected chi connectivity index (χ0v) is 14.6. The summed E-state index contributed by atoms with van der Waals surface area (Å²) in [5, 5.41) is 1.92. The third-order valence-electron chi connectivity index (χ3n) is 4.54. The summed E-state index contributed by atoms with van der Waals surface area (Å²) in [7, 11) is 0.